The van der Waals surface area contributed by atoms with E-state index in [4.69, 9.17) is 0 Å². The van der Waals surface area contributed by atoms with Crippen LogP contribution in [-0.2, 0) is 19.6 Å². The molecule has 3 rings (SSSR count). The smallest absolute Gasteiger partial charge is 0.191 e. The highest BCUT2D eigenvalue weighted by Gasteiger charge is 2.06. The zero-order valence-corrected chi connectivity index (χ0v) is 19.3. The van der Waals surface area contributed by atoms with Crippen molar-refractivity contribution in [2.45, 2.75) is 19.6 Å². The van der Waals surface area contributed by atoms with E-state index in [9.17, 15) is 4.39 Å². The summed E-state index contributed by atoms with van der Waals surface area (Å²) in [6.07, 6.45) is 3.72. The van der Waals surface area contributed by atoms with Crippen LogP contribution in [0.2, 0.25) is 0 Å². The summed E-state index contributed by atoms with van der Waals surface area (Å²) in [5.74, 6) is 0.386. The molecule has 2 N–H and O–H groups in total. The van der Waals surface area contributed by atoms with Crippen LogP contribution in [0.5, 0.6) is 0 Å². The molecular formula is C20H22BrFIN5. The Labute approximate surface area is 189 Å². The number of hydrogen-bond acceptors (Lipinski definition) is 2. The van der Waals surface area contributed by atoms with Crippen LogP contribution in [0.25, 0.3) is 0 Å². The van der Waals surface area contributed by atoms with Crippen LogP contribution >= 0.6 is 39.9 Å². The quantitative estimate of drug-likeness (QED) is 0.270. The summed E-state index contributed by atoms with van der Waals surface area (Å²) in [6.45, 7) is 1.83. The molecule has 0 bridgehead atoms. The van der Waals surface area contributed by atoms with Gasteiger partial charge in [-0.15, -0.1) is 24.0 Å². The maximum atomic E-state index is 13.6. The zero-order valence-electron chi connectivity index (χ0n) is 15.4. The van der Waals surface area contributed by atoms with Crippen molar-refractivity contribution in [2.75, 3.05) is 7.05 Å². The molecule has 0 atom stereocenters. The molecule has 0 spiro atoms. The normalized spacial score (nSPS) is 11.0. The monoisotopic (exact) mass is 557 g/mol. The first-order chi connectivity index (χ1) is 13.2. The van der Waals surface area contributed by atoms with Gasteiger partial charge in [-0.2, -0.15) is 5.10 Å². The summed E-state index contributed by atoms with van der Waals surface area (Å²) in [6, 6.07) is 15.2. The van der Waals surface area contributed by atoms with Crippen molar-refractivity contribution in [1.82, 2.24) is 20.4 Å². The second kappa shape index (κ2) is 11.2. The first-order valence-corrected chi connectivity index (χ1v) is 9.37. The summed E-state index contributed by atoms with van der Waals surface area (Å²) in [7, 11) is 1.72. The van der Waals surface area contributed by atoms with Gasteiger partial charge < -0.3 is 10.6 Å². The van der Waals surface area contributed by atoms with Gasteiger partial charge in [-0.05, 0) is 50.8 Å². The summed E-state index contributed by atoms with van der Waals surface area (Å²) < 4.78 is 16.0. The number of aliphatic imine (C=N–C) groups is 1. The predicted molar refractivity (Wildman–Crippen MR) is 124 cm³/mol. The average molecular weight is 558 g/mol. The lowest BCUT2D eigenvalue weighted by atomic mass is 10.1. The molecule has 3 aromatic rings. The second-order valence-electron chi connectivity index (χ2n) is 6.00. The zero-order chi connectivity index (χ0) is 19.1. The molecule has 0 aliphatic heterocycles. The minimum Gasteiger partial charge on any atom is -0.352 e. The van der Waals surface area contributed by atoms with E-state index in [-0.39, 0.29) is 29.8 Å². The Hall–Kier alpha value is -1.94. The Kier molecular flexibility index (Phi) is 8.91. The van der Waals surface area contributed by atoms with Crippen LogP contribution < -0.4 is 10.6 Å². The number of hydrogen-bond donors (Lipinski definition) is 2. The highest BCUT2D eigenvalue weighted by Crippen LogP contribution is 2.16. The fraction of sp³-hybridized carbons (Fsp3) is 0.200. The van der Waals surface area contributed by atoms with Gasteiger partial charge in [0.25, 0.3) is 0 Å². The van der Waals surface area contributed by atoms with Crippen LogP contribution in [-0.4, -0.2) is 22.8 Å². The highest BCUT2D eigenvalue weighted by molar-refractivity contribution is 14.0. The van der Waals surface area contributed by atoms with Crippen LogP contribution in [0.1, 0.15) is 16.7 Å². The van der Waals surface area contributed by atoms with Gasteiger partial charge in [-0.3, -0.25) is 9.67 Å². The van der Waals surface area contributed by atoms with Gasteiger partial charge in [-0.25, -0.2) is 4.39 Å². The molecule has 8 heteroatoms. The number of nitrogens with zero attached hydrogens (tertiary/aromatic N) is 3. The number of nitrogens with one attached hydrogen (secondary N) is 2. The molecule has 1 aromatic heterocycles. The molecule has 0 aliphatic rings. The first kappa shape index (κ1) is 22.4. The number of halogens is 3. The van der Waals surface area contributed by atoms with Crippen LogP contribution in [0.4, 0.5) is 4.39 Å². The van der Waals surface area contributed by atoms with Crippen LogP contribution in [0.15, 0.2) is 70.4 Å². The van der Waals surface area contributed by atoms with Gasteiger partial charge in [0.2, 0.25) is 0 Å². The van der Waals surface area contributed by atoms with E-state index in [0.717, 1.165) is 12.1 Å². The Balaban J connectivity index is 0.00000280. The van der Waals surface area contributed by atoms with Crippen molar-refractivity contribution in [3.63, 3.8) is 0 Å². The Bertz CT molecular complexity index is 915. The molecule has 0 saturated carbocycles. The summed E-state index contributed by atoms with van der Waals surface area (Å²) in [4.78, 5) is 4.24. The molecule has 28 heavy (non-hydrogen) atoms. The maximum Gasteiger partial charge on any atom is 0.191 e. The Morgan fingerprint density at radius 1 is 1.11 bits per heavy atom. The first-order valence-electron chi connectivity index (χ1n) is 8.58. The third kappa shape index (κ3) is 6.30. The Morgan fingerprint density at radius 3 is 2.54 bits per heavy atom. The van der Waals surface area contributed by atoms with E-state index in [1.165, 1.54) is 17.2 Å². The summed E-state index contributed by atoms with van der Waals surface area (Å²) in [5, 5.41) is 10.8. The predicted octanol–water partition coefficient (Wildman–Crippen LogP) is 4.32. The van der Waals surface area contributed by atoms with E-state index >= 15 is 0 Å². The lowest BCUT2D eigenvalue weighted by molar-refractivity contribution is 0.617. The maximum absolute atomic E-state index is 13.6. The van der Waals surface area contributed by atoms with Gasteiger partial charge in [0.1, 0.15) is 5.82 Å². The molecule has 0 amide bonds. The molecule has 0 unspecified atom stereocenters. The molecule has 1 heterocycles. The lowest BCUT2D eigenvalue weighted by Gasteiger charge is -2.14. The SMILES string of the molecule is CN=C(NCc1ccc(Br)c(F)c1)NCc1ccccc1Cn1cccn1.I. The fourth-order valence-electron chi connectivity index (χ4n) is 2.69. The number of rotatable bonds is 6. The molecule has 0 radical (unpaired) electrons. The molecule has 0 fully saturated rings. The third-order valence-electron chi connectivity index (χ3n) is 4.12. The van der Waals surface area contributed by atoms with Gasteiger partial charge in [0.05, 0.1) is 11.0 Å². The van der Waals surface area contributed by atoms with Crippen molar-refractivity contribution >= 4 is 45.9 Å². The largest absolute Gasteiger partial charge is 0.352 e. The minimum atomic E-state index is -0.273. The molecule has 0 aliphatic carbocycles. The molecule has 148 valence electrons. The topological polar surface area (TPSA) is 54.2 Å². The van der Waals surface area contributed by atoms with E-state index in [2.05, 4.69) is 48.8 Å². The third-order valence-corrected chi connectivity index (χ3v) is 4.77. The Morgan fingerprint density at radius 2 is 1.86 bits per heavy atom. The molecule has 0 saturated heterocycles. The number of benzene rings is 2. The van der Waals surface area contributed by atoms with E-state index in [0.29, 0.717) is 23.5 Å². The summed E-state index contributed by atoms with van der Waals surface area (Å²) in [5.41, 5.74) is 3.21. The van der Waals surface area contributed by atoms with Crippen molar-refractivity contribution in [1.29, 1.82) is 0 Å². The highest BCUT2D eigenvalue weighted by atomic mass is 127. The lowest BCUT2D eigenvalue weighted by Crippen LogP contribution is -2.36. The van der Waals surface area contributed by atoms with Crippen molar-refractivity contribution in [3.05, 3.63) is 87.9 Å². The van der Waals surface area contributed by atoms with Gasteiger partial charge in [0, 0.05) is 32.5 Å². The van der Waals surface area contributed by atoms with E-state index in [1.807, 2.05) is 35.1 Å². The van der Waals surface area contributed by atoms with Gasteiger partial charge in [0.15, 0.2) is 5.96 Å². The standard InChI is InChI=1S/C20H21BrFN5.HI/c1-23-20(24-12-15-7-8-18(21)19(22)11-15)25-13-16-5-2-3-6-17(16)14-27-10-4-9-26-27;/h2-11H,12-14H2,1H3,(H2,23,24,25);1H. The minimum absolute atomic E-state index is 0. The number of aromatic nitrogens is 2. The van der Waals surface area contributed by atoms with Gasteiger partial charge >= 0.3 is 0 Å². The molecule has 5 nitrogen and oxygen atoms in total. The number of guanidine groups is 1. The molecular weight excluding hydrogens is 536 g/mol. The van der Waals surface area contributed by atoms with Crippen molar-refractivity contribution in [3.8, 4) is 0 Å². The van der Waals surface area contributed by atoms with E-state index < -0.39 is 0 Å². The van der Waals surface area contributed by atoms with Gasteiger partial charge in [-0.1, -0.05) is 30.3 Å². The fourth-order valence-corrected chi connectivity index (χ4v) is 2.93. The van der Waals surface area contributed by atoms with Crippen LogP contribution in [0.3, 0.4) is 0 Å². The molecule has 2 aromatic carbocycles. The van der Waals surface area contributed by atoms with E-state index in [1.54, 1.807) is 19.3 Å². The van der Waals surface area contributed by atoms with Crippen LogP contribution in [0, 0.1) is 5.82 Å². The van der Waals surface area contributed by atoms with Crippen molar-refractivity contribution in [2.24, 2.45) is 4.99 Å². The van der Waals surface area contributed by atoms with Crippen molar-refractivity contribution < 1.29 is 4.39 Å². The second-order valence-corrected chi connectivity index (χ2v) is 6.85. The average Bonchev–Trinajstić information content (AvgIpc) is 3.19. The summed E-state index contributed by atoms with van der Waals surface area (Å²) >= 11 is 3.16.